The van der Waals surface area contributed by atoms with Crippen molar-refractivity contribution in [3.63, 3.8) is 0 Å². The van der Waals surface area contributed by atoms with Crippen LogP contribution in [0.2, 0.25) is 0 Å². The molecule has 20 heavy (non-hydrogen) atoms. The first-order valence-corrected chi connectivity index (χ1v) is 6.72. The summed E-state index contributed by atoms with van der Waals surface area (Å²) in [5.41, 5.74) is 7.72. The second-order valence-electron chi connectivity index (χ2n) is 5.31. The van der Waals surface area contributed by atoms with Crippen LogP contribution >= 0.6 is 0 Å². The third-order valence-corrected chi connectivity index (χ3v) is 3.68. The number of hydrogen-bond acceptors (Lipinski definition) is 5. The van der Waals surface area contributed by atoms with E-state index in [2.05, 4.69) is 15.2 Å². The molecule has 0 unspecified atom stereocenters. The summed E-state index contributed by atoms with van der Waals surface area (Å²) in [5, 5.41) is 8.14. The minimum absolute atomic E-state index is 0.188. The van der Waals surface area contributed by atoms with Gasteiger partial charge in [-0.25, -0.2) is 0 Å². The van der Waals surface area contributed by atoms with E-state index in [-0.39, 0.29) is 5.54 Å². The van der Waals surface area contributed by atoms with Crippen LogP contribution in [0.15, 0.2) is 22.7 Å². The van der Waals surface area contributed by atoms with Crippen molar-refractivity contribution in [2.45, 2.75) is 37.1 Å². The van der Waals surface area contributed by atoms with Gasteiger partial charge in [-0.15, -0.1) is 10.2 Å². The van der Waals surface area contributed by atoms with Crippen LogP contribution in [0, 0.1) is 0 Å². The zero-order valence-electron chi connectivity index (χ0n) is 11.3. The van der Waals surface area contributed by atoms with Crippen molar-refractivity contribution in [3.05, 3.63) is 29.9 Å². The van der Waals surface area contributed by atoms with Crippen LogP contribution in [0.25, 0.3) is 11.5 Å². The van der Waals surface area contributed by atoms with Crippen molar-refractivity contribution in [2.24, 2.45) is 5.73 Å². The van der Waals surface area contributed by atoms with Gasteiger partial charge in [-0.1, -0.05) is 0 Å². The molecule has 0 amide bonds. The molecule has 2 aromatic heterocycles. The molecule has 6 heteroatoms. The van der Waals surface area contributed by atoms with Crippen molar-refractivity contribution in [2.75, 3.05) is 7.18 Å². The summed E-state index contributed by atoms with van der Waals surface area (Å²) < 4.78 is 15.1. The van der Waals surface area contributed by atoms with Gasteiger partial charge in [0.2, 0.25) is 11.8 Å². The minimum atomic E-state index is -0.188. The van der Waals surface area contributed by atoms with Gasteiger partial charge in [-0.2, -0.15) is 0 Å². The first kappa shape index (κ1) is 13.2. The first-order valence-electron chi connectivity index (χ1n) is 6.72. The van der Waals surface area contributed by atoms with Crippen LogP contribution in [0.3, 0.4) is 0 Å². The van der Waals surface area contributed by atoms with Gasteiger partial charge >= 0.3 is 0 Å². The summed E-state index contributed by atoms with van der Waals surface area (Å²) in [7, 11) is 0.500. The highest BCUT2D eigenvalue weighted by molar-refractivity contribution is 5.51. The lowest BCUT2D eigenvalue weighted by molar-refractivity contribution is 0.508. The molecule has 0 radical (unpaired) electrons. The van der Waals surface area contributed by atoms with Crippen LogP contribution in [-0.4, -0.2) is 22.4 Å². The normalized spacial score (nSPS) is 19.1. The predicted octanol–water partition coefficient (Wildman–Crippen LogP) is 2.54. The molecule has 2 heterocycles. The van der Waals surface area contributed by atoms with Gasteiger partial charge in [-0.05, 0) is 37.8 Å². The summed E-state index contributed by atoms with van der Waals surface area (Å²) in [6.45, 7) is 0. The standard InChI is InChI=1S/C13H14N4O.CH3F/c14-13(5-6-13)10-4-3-9(7-15-10)12-17-16-11(18-12)8-1-2-8;1-2/h3-4,7-8H,1-2,5-6,14H2;1H3. The van der Waals surface area contributed by atoms with Gasteiger partial charge in [0.15, 0.2) is 0 Å². The maximum absolute atomic E-state index is 9.50. The quantitative estimate of drug-likeness (QED) is 0.932. The molecule has 2 aliphatic carbocycles. The molecule has 0 atom stereocenters. The fourth-order valence-corrected chi connectivity index (χ4v) is 2.05. The average molecular weight is 276 g/mol. The molecule has 106 valence electrons. The predicted molar refractivity (Wildman–Crippen MR) is 71.6 cm³/mol. The van der Waals surface area contributed by atoms with E-state index < -0.39 is 0 Å². The van der Waals surface area contributed by atoms with Crippen LogP contribution in [0.1, 0.15) is 43.2 Å². The van der Waals surface area contributed by atoms with Crippen LogP contribution in [0.4, 0.5) is 4.39 Å². The molecule has 0 bridgehead atoms. The fourth-order valence-electron chi connectivity index (χ4n) is 2.05. The van der Waals surface area contributed by atoms with E-state index in [0.29, 0.717) is 19.0 Å². The van der Waals surface area contributed by atoms with Gasteiger partial charge in [0.05, 0.1) is 24.0 Å². The topological polar surface area (TPSA) is 77.8 Å². The molecule has 0 aliphatic heterocycles. The molecule has 4 rings (SSSR count). The number of nitrogens with zero attached hydrogens (tertiary/aromatic N) is 3. The third kappa shape index (κ3) is 2.43. The number of halogens is 1. The second-order valence-corrected chi connectivity index (χ2v) is 5.31. The Labute approximate surface area is 116 Å². The van der Waals surface area contributed by atoms with Crippen molar-refractivity contribution >= 4 is 0 Å². The SMILES string of the molecule is CF.NC1(c2ccc(-c3nnc(C4CC4)o3)cn2)CC1. The molecule has 2 fully saturated rings. The van der Waals surface area contributed by atoms with Crippen LogP contribution in [0.5, 0.6) is 0 Å². The highest BCUT2D eigenvalue weighted by atomic mass is 19.1. The maximum Gasteiger partial charge on any atom is 0.249 e. The van der Waals surface area contributed by atoms with Gasteiger partial charge in [-0.3, -0.25) is 9.37 Å². The van der Waals surface area contributed by atoms with Gasteiger partial charge < -0.3 is 10.2 Å². The highest BCUT2D eigenvalue weighted by Crippen LogP contribution is 2.42. The summed E-state index contributed by atoms with van der Waals surface area (Å²) in [6.07, 6.45) is 6.13. The van der Waals surface area contributed by atoms with E-state index in [1.54, 1.807) is 6.20 Å². The number of pyridine rings is 1. The Balaban J connectivity index is 0.000000581. The molecule has 0 spiro atoms. The lowest BCUT2D eigenvalue weighted by Crippen LogP contribution is -2.19. The monoisotopic (exact) mass is 276 g/mol. The molecule has 0 aromatic carbocycles. The number of aromatic nitrogens is 3. The highest BCUT2D eigenvalue weighted by Gasteiger charge is 2.41. The largest absolute Gasteiger partial charge is 0.420 e. The summed E-state index contributed by atoms with van der Waals surface area (Å²) in [5.74, 6) is 1.79. The molecule has 2 aliphatic rings. The zero-order chi connectivity index (χ0) is 14.2. The van der Waals surface area contributed by atoms with Crippen molar-refractivity contribution < 1.29 is 8.81 Å². The molecule has 2 aromatic rings. The Kier molecular flexibility index (Phi) is 3.25. The summed E-state index contributed by atoms with van der Waals surface area (Å²) in [6, 6.07) is 3.92. The smallest absolute Gasteiger partial charge is 0.249 e. The van der Waals surface area contributed by atoms with Crippen LogP contribution < -0.4 is 5.73 Å². The average Bonchev–Trinajstić information content (AvgIpc) is 3.43. The Bertz CT molecular complexity index is 587. The molecular weight excluding hydrogens is 259 g/mol. The van der Waals surface area contributed by atoms with Crippen molar-refractivity contribution in [1.82, 2.24) is 15.2 Å². The molecule has 5 nitrogen and oxygen atoms in total. The van der Waals surface area contributed by atoms with E-state index >= 15 is 0 Å². The maximum atomic E-state index is 9.50. The first-order chi connectivity index (χ1) is 9.74. The summed E-state index contributed by atoms with van der Waals surface area (Å²) >= 11 is 0. The molecular formula is C14H17FN4O. The lowest BCUT2D eigenvalue weighted by Gasteiger charge is -2.07. The van der Waals surface area contributed by atoms with E-state index in [1.165, 1.54) is 0 Å². The Morgan fingerprint density at radius 1 is 1.25 bits per heavy atom. The minimum Gasteiger partial charge on any atom is -0.420 e. The van der Waals surface area contributed by atoms with Gasteiger partial charge in [0.1, 0.15) is 0 Å². The van der Waals surface area contributed by atoms with E-state index in [9.17, 15) is 4.39 Å². The molecule has 2 N–H and O–H groups in total. The molecule has 0 saturated heterocycles. The fraction of sp³-hybridized carbons (Fsp3) is 0.500. The Hall–Kier alpha value is -1.82. The van der Waals surface area contributed by atoms with Gasteiger partial charge in [0, 0.05) is 12.1 Å². The number of alkyl halides is 1. The Morgan fingerprint density at radius 2 is 2.00 bits per heavy atom. The van der Waals surface area contributed by atoms with Gasteiger partial charge in [0.25, 0.3) is 0 Å². The zero-order valence-corrected chi connectivity index (χ0v) is 11.3. The van der Waals surface area contributed by atoms with E-state index in [4.69, 9.17) is 10.2 Å². The van der Waals surface area contributed by atoms with Crippen molar-refractivity contribution in [1.29, 1.82) is 0 Å². The number of hydrogen-bond donors (Lipinski definition) is 1. The van der Waals surface area contributed by atoms with E-state index in [1.807, 2.05) is 12.1 Å². The summed E-state index contributed by atoms with van der Waals surface area (Å²) in [4.78, 5) is 4.41. The number of nitrogens with two attached hydrogens (primary N) is 1. The van der Waals surface area contributed by atoms with E-state index in [0.717, 1.165) is 42.8 Å². The van der Waals surface area contributed by atoms with Crippen LogP contribution in [-0.2, 0) is 5.54 Å². The Morgan fingerprint density at radius 3 is 2.55 bits per heavy atom. The lowest BCUT2D eigenvalue weighted by atomic mass is 10.1. The third-order valence-electron chi connectivity index (χ3n) is 3.68. The second kappa shape index (κ2) is 4.94. The van der Waals surface area contributed by atoms with Crippen molar-refractivity contribution in [3.8, 4) is 11.5 Å². The number of rotatable bonds is 3. The molecule has 2 saturated carbocycles.